The number of nitrogens with one attached hydrogen (secondary N) is 1. The minimum atomic E-state index is 0.490. The van der Waals surface area contributed by atoms with Crippen molar-refractivity contribution in [1.82, 2.24) is 14.9 Å². The molecule has 0 amide bonds. The maximum Gasteiger partial charge on any atom is 0.166 e. The van der Waals surface area contributed by atoms with Crippen LogP contribution in [0.3, 0.4) is 0 Å². The third-order valence-corrected chi connectivity index (χ3v) is 7.33. The number of rotatable bonds is 9. The Bertz CT molecular complexity index is 819. The first-order valence-electron chi connectivity index (χ1n) is 10.2. The van der Waals surface area contributed by atoms with Gasteiger partial charge < -0.3 is 9.88 Å². The van der Waals surface area contributed by atoms with E-state index in [1.54, 1.807) is 0 Å². The molecule has 1 aliphatic rings. The zero-order chi connectivity index (χ0) is 19.9. The van der Waals surface area contributed by atoms with Crippen LogP contribution in [0, 0.1) is 0 Å². The van der Waals surface area contributed by atoms with E-state index in [2.05, 4.69) is 39.8 Å². The molecule has 152 valence electrons. The highest BCUT2D eigenvalue weighted by atomic mass is 35.5. The summed E-state index contributed by atoms with van der Waals surface area (Å²) in [5.41, 5.74) is 11.6. The van der Waals surface area contributed by atoms with E-state index in [0.717, 1.165) is 73.0 Å². The number of H-pyrrole nitrogens is 1. The molecule has 6 nitrogen and oxygen atoms in total. The van der Waals surface area contributed by atoms with E-state index in [-0.39, 0.29) is 0 Å². The number of aromatic amines is 1. The Morgan fingerprint density at radius 1 is 1.36 bits per heavy atom. The predicted octanol–water partition coefficient (Wildman–Crippen LogP) is 6.38. The fourth-order valence-corrected chi connectivity index (χ4v) is 5.17. The van der Waals surface area contributed by atoms with Gasteiger partial charge in [0.2, 0.25) is 0 Å². The van der Waals surface area contributed by atoms with Gasteiger partial charge in [0, 0.05) is 21.7 Å². The number of benzene rings is 1. The van der Waals surface area contributed by atoms with Crippen molar-refractivity contribution in [3.63, 3.8) is 0 Å². The number of thioether (sulfide) groups is 1. The minimum Gasteiger partial charge on any atom is -0.333 e. The van der Waals surface area contributed by atoms with Crippen molar-refractivity contribution in [2.45, 2.75) is 62.3 Å². The first kappa shape index (κ1) is 21.3. The molecular weight excluding hydrogens is 392 g/mol. The molecule has 3 rings (SSSR count). The van der Waals surface area contributed by atoms with Gasteiger partial charge in [-0.25, -0.2) is 4.98 Å². The molecule has 0 radical (unpaired) electrons. The molecule has 0 atom stereocenters. The Labute approximate surface area is 176 Å². The summed E-state index contributed by atoms with van der Waals surface area (Å²) in [5, 5.41) is 6.04. The highest BCUT2D eigenvalue weighted by Crippen LogP contribution is 2.36. The maximum atomic E-state index is 8.36. The van der Waals surface area contributed by atoms with Gasteiger partial charge in [0.15, 0.2) is 5.16 Å². The van der Waals surface area contributed by atoms with Crippen LogP contribution < -0.4 is 0 Å². The summed E-state index contributed by atoms with van der Waals surface area (Å²) in [6, 6.07) is 4.23. The highest BCUT2D eigenvalue weighted by Gasteiger charge is 2.23. The van der Waals surface area contributed by atoms with Crippen molar-refractivity contribution in [2.24, 2.45) is 5.11 Å². The summed E-state index contributed by atoms with van der Waals surface area (Å²) in [5.74, 6) is 0.490. The first-order chi connectivity index (χ1) is 13.6. The molecule has 2 heterocycles. The van der Waals surface area contributed by atoms with Crippen LogP contribution >= 0.6 is 23.4 Å². The second-order valence-electron chi connectivity index (χ2n) is 7.41. The molecule has 1 saturated heterocycles. The number of fused-ring (bicyclic) bond motifs is 1. The number of aromatic nitrogens is 2. The van der Waals surface area contributed by atoms with E-state index in [4.69, 9.17) is 22.1 Å². The van der Waals surface area contributed by atoms with E-state index < -0.39 is 0 Å². The molecule has 1 fully saturated rings. The zero-order valence-electron chi connectivity index (χ0n) is 16.7. The van der Waals surface area contributed by atoms with E-state index in [0.29, 0.717) is 17.7 Å². The molecule has 0 unspecified atom stereocenters. The minimum absolute atomic E-state index is 0.490. The van der Waals surface area contributed by atoms with Gasteiger partial charge in [0.05, 0.1) is 11.0 Å². The lowest BCUT2D eigenvalue weighted by atomic mass is 9.89. The van der Waals surface area contributed by atoms with Crippen LogP contribution in [-0.4, -0.2) is 46.3 Å². The van der Waals surface area contributed by atoms with Crippen LogP contribution in [0.4, 0.5) is 0 Å². The van der Waals surface area contributed by atoms with Crippen molar-refractivity contribution < 1.29 is 0 Å². The molecule has 1 N–H and O–H groups in total. The van der Waals surface area contributed by atoms with Crippen LogP contribution in [0.15, 0.2) is 22.4 Å². The van der Waals surface area contributed by atoms with Crippen molar-refractivity contribution >= 4 is 34.4 Å². The van der Waals surface area contributed by atoms with Gasteiger partial charge in [-0.1, -0.05) is 42.3 Å². The lowest BCUT2D eigenvalue weighted by Crippen LogP contribution is -2.34. The molecule has 1 aromatic carbocycles. The summed E-state index contributed by atoms with van der Waals surface area (Å²) in [7, 11) is 0. The Morgan fingerprint density at radius 3 is 2.79 bits per heavy atom. The van der Waals surface area contributed by atoms with Crippen LogP contribution in [0.5, 0.6) is 0 Å². The number of hydrogen-bond acceptors (Lipinski definition) is 4. The molecule has 0 aliphatic carbocycles. The number of piperidine rings is 1. The number of hydrogen-bond donors (Lipinski definition) is 1. The highest BCUT2D eigenvalue weighted by molar-refractivity contribution is 7.99. The lowest BCUT2D eigenvalue weighted by molar-refractivity contribution is 0.211. The van der Waals surface area contributed by atoms with Crippen molar-refractivity contribution in [3.05, 3.63) is 33.2 Å². The topological polar surface area (TPSA) is 80.7 Å². The summed E-state index contributed by atoms with van der Waals surface area (Å²) < 4.78 is 0. The fraction of sp³-hybridized carbons (Fsp3) is 0.650. The summed E-state index contributed by atoms with van der Waals surface area (Å²) in [6.45, 7) is 8.15. The molecule has 0 saturated carbocycles. The SMILES string of the molecule is CCC(CC)Sc1nc2cc(Cl)c(C3CCN(CCCN=[N+]=[N-])CC3)cc2[nH]1. The van der Waals surface area contributed by atoms with Crippen molar-refractivity contribution in [3.8, 4) is 0 Å². The number of likely N-dealkylation sites (tertiary alicyclic amines) is 1. The Balaban J connectivity index is 1.65. The average molecular weight is 421 g/mol. The zero-order valence-corrected chi connectivity index (χ0v) is 18.3. The normalized spacial score (nSPS) is 16.0. The van der Waals surface area contributed by atoms with E-state index in [1.165, 1.54) is 5.56 Å². The third kappa shape index (κ3) is 5.35. The number of azide groups is 1. The molecule has 1 aliphatic heterocycles. The molecular formula is C20H29ClN6S. The fourth-order valence-electron chi connectivity index (χ4n) is 3.88. The van der Waals surface area contributed by atoms with Crippen LogP contribution in [-0.2, 0) is 0 Å². The van der Waals surface area contributed by atoms with Crippen LogP contribution in [0.1, 0.15) is 57.4 Å². The molecule has 1 aromatic heterocycles. The maximum absolute atomic E-state index is 8.36. The molecule has 2 aromatic rings. The number of halogens is 1. The lowest BCUT2D eigenvalue weighted by Gasteiger charge is -2.32. The summed E-state index contributed by atoms with van der Waals surface area (Å²) >= 11 is 8.47. The van der Waals surface area contributed by atoms with Crippen LogP contribution in [0.25, 0.3) is 21.5 Å². The van der Waals surface area contributed by atoms with Gasteiger partial charge in [0.1, 0.15) is 0 Å². The van der Waals surface area contributed by atoms with Gasteiger partial charge in [-0.15, -0.1) is 0 Å². The predicted molar refractivity (Wildman–Crippen MR) is 118 cm³/mol. The van der Waals surface area contributed by atoms with E-state index in [9.17, 15) is 0 Å². The Kier molecular flexibility index (Phi) is 7.91. The quantitative estimate of drug-likeness (QED) is 0.168. The monoisotopic (exact) mass is 420 g/mol. The Morgan fingerprint density at radius 2 is 2.11 bits per heavy atom. The molecule has 0 spiro atoms. The third-order valence-electron chi connectivity index (χ3n) is 5.59. The summed E-state index contributed by atoms with van der Waals surface area (Å²) in [4.78, 5) is 13.5. The average Bonchev–Trinajstić information content (AvgIpc) is 3.10. The van der Waals surface area contributed by atoms with Crippen molar-refractivity contribution in [2.75, 3.05) is 26.2 Å². The summed E-state index contributed by atoms with van der Waals surface area (Å²) in [6.07, 6.45) is 5.43. The second kappa shape index (κ2) is 10.4. The molecule has 28 heavy (non-hydrogen) atoms. The standard InChI is InChI=1S/C20H29ClN6S/c1-3-15(4-2)28-20-24-18-12-16(17(21)13-19(18)25-20)14-6-10-27(11-7-14)9-5-8-23-26-22/h12-15H,3-11H2,1-2H3,(H,24,25). The van der Waals surface area contributed by atoms with Gasteiger partial charge in [-0.05, 0) is 80.9 Å². The van der Waals surface area contributed by atoms with Crippen molar-refractivity contribution in [1.29, 1.82) is 0 Å². The van der Waals surface area contributed by atoms with Gasteiger partial charge in [-0.2, -0.15) is 0 Å². The van der Waals surface area contributed by atoms with Gasteiger partial charge in [-0.3, -0.25) is 0 Å². The van der Waals surface area contributed by atoms with Gasteiger partial charge >= 0.3 is 0 Å². The Hall–Kier alpha value is -1.40. The van der Waals surface area contributed by atoms with Crippen LogP contribution in [0.2, 0.25) is 5.02 Å². The first-order valence-corrected chi connectivity index (χ1v) is 11.5. The molecule has 8 heteroatoms. The molecule has 0 bridgehead atoms. The number of imidazole rings is 1. The van der Waals surface area contributed by atoms with E-state index >= 15 is 0 Å². The second-order valence-corrected chi connectivity index (χ2v) is 9.11. The smallest absolute Gasteiger partial charge is 0.166 e. The largest absolute Gasteiger partial charge is 0.333 e. The van der Waals surface area contributed by atoms with Gasteiger partial charge in [0.25, 0.3) is 0 Å². The van der Waals surface area contributed by atoms with E-state index in [1.807, 2.05) is 17.8 Å². The number of nitrogens with zero attached hydrogens (tertiary/aromatic N) is 5.